The Kier molecular flexibility index (Phi) is 3.91. The molecule has 1 N–H and O–H groups in total. The van der Waals surface area contributed by atoms with Crippen molar-refractivity contribution in [3.05, 3.63) is 34.0 Å². The number of thiazole rings is 1. The number of nitrogens with zero attached hydrogens (tertiary/aromatic N) is 3. The molecule has 1 atom stereocenters. The van der Waals surface area contributed by atoms with Crippen LogP contribution >= 0.6 is 11.3 Å². The molecule has 1 unspecified atom stereocenters. The van der Waals surface area contributed by atoms with Crippen LogP contribution in [-0.2, 0) is 13.5 Å². The van der Waals surface area contributed by atoms with E-state index in [1.807, 2.05) is 31.0 Å². The van der Waals surface area contributed by atoms with Crippen LogP contribution in [0.5, 0.6) is 0 Å². The summed E-state index contributed by atoms with van der Waals surface area (Å²) < 4.78 is 1.84. The number of hydrogen-bond donors (Lipinski definition) is 1. The number of likely N-dealkylation sites (N-methyl/N-ethyl adjacent to an activating group) is 1. The van der Waals surface area contributed by atoms with E-state index in [0.29, 0.717) is 6.04 Å². The minimum atomic E-state index is 0.343. The first kappa shape index (κ1) is 12.3. The second-order valence-corrected chi connectivity index (χ2v) is 5.38. The topological polar surface area (TPSA) is 42.7 Å². The quantitative estimate of drug-likeness (QED) is 0.883. The second kappa shape index (κ2) is 5.42. The fourth-order valence-corrected chi connectivity index (χ4v) is 2.73. The molecule has 0 aromatic carbocycles. The van der Waals surface area contributed by atoms with Gasteiger partial charge in [-0.15, -0.1) is 11.3 Å². The van der Waals surface area contributed by atoms with Gasteiger partial charge in [-0.2, -0.15) is 5.10 Å². The van der Waals surface area contributed by atoms with Gasteiger partial charge in [0.1, 0.15) is 0 Å². The Morgan fingerprint density at radius 1 is 1.47 bits per heavy atom. The molecule has 0 aliphatic heterocycles. The number of aromatic nitrogens is 3. The third kappa shape index (κ3) is 3.14. The maximum absolute atomic E-state index is 4.32. The minimum absolute atomic E-state index is 0.343. The summed E-state index contributed by atoms with van der Waals surface area (Å²) in [7, 11) is 1.95. The van der Waals surface area contributed by atoms with E-state index in [-0.39, 0.29) is 0 Å². The summed E-state index contributed by atoms with van der Waals surface area (Å²) in [5.41, 5.74) is 1.25. The predicted octanol–water partition coefficient (Wildman–Crippen LogP) is 2.08. The van der Waals surface area contributed by atoms with Crippen LogP contribution in [0.4, 0.5) is 0 Å². The molecular weight excluding hydrogens is 232 g/mol. The molecule has 4 nitrogen and oxygen atoms in total. The second-order valence-electron chi connectivity index (χ2n) is 4.12. The smallest absolute Gasteiger partial charge is 0.0897 e. The van der Waals surface area contributed by atoms with Crippen molar-refractivity contribution in [1.29, 1.82) is 0 Å². The van der Waals surface area contributed by atoms with Crippen LogP contribution < -0.4 is 5.32 Å². The van der Waals surface area contributed by atoms with E-state index in [1.165, 1.54) is 10.4 Å². The van der Waals surface area contributed by atoms with Gasteiger partial charge in [-0.1, -0.05) is 6.92 Å². The molecule has 0 radical (unpaired) electrons. The van der Waals surface area contributed by atoms with Crippen LogP contribution in [0.3, 0.4) is 0 Å². The van der Waals surface area contributed by atoms with Crippen molar-refractivity contribution in [2.24, 2.45) is 7.05 Å². The van der Waals surface area contributed by atoms with E-state index in [1.54, 1.807) is 11.3 Å². The molecule has 2 rings (SSSR count). The summed E-state index contributed by atoms with van der Waals surface area (Å²) in [4.78, 5) is 5.62. The molecule has 17 heavy (non-hydrogen) atoms. The van der Waals surface area contributed by atoms with Crippen LogP contribution in [0.1, 0.15) is 28.4 Å². The highest BCUT2D eigenvalue weighted by Gasteiger charge is 2.14. The summed E-state index contributed by atoms with van der Waals surface area (Å²) >= 11 is 1.76. The molecule has 0 aliphatic rings. The summed E-state index contributed by atoms with van der Waals surface area (Å²) in [5.74, 6) is 0. The fourth-order valence-electron chi connectivity index (χ4n) is 1.87. The average Bonchev–Trinajstić information content (AvgIpc) is 2.87. The third-order valence-electron chi connectivity index (χ3n) is 2.63. The van der Waals surface area contributed by atoms with Gasteiger partial charge in [-0.05, 0) is 25.5 Å². The molecule has 0 saturated carbocycles. The predicted molar refractivity (Wildman–Crippen MR) is 70.2 cm³/mol. The number of aryl methyl sites for hydroxylation is 2. The van der Waals surface area contributed by atoms with Crippen molar-refractivity contribution in [3.63, 3.8) is 0 Å². The third-order valence-corrected chi connectivity index (χ3v) is 3.66. The first-order chi connectivity index (χ1) is 8.19. The maximum atomic E-state index is 4.32. The van der Waals surface area contributed by atoms with E-state index in [4.69, 9.17) is 0 Å². The lowest BCUT2D eigenvalue weighted by Gasteiger charge is -2.14. The van der Waals surface area contributed by atoms with Gasteiger partial charge >= 0.3 is 0 Å². The summed E-state index contributed by atoms with van der Waals surface area (Å²) in [6.07, 6.45) is 6.93. The van der Waals surface area contributed by atoms with E-state index >= 15 is 0 Å². The summed E-state index contributed by atoms with van der Waals surface area (Å²) in [6.45, 7) is 5.13. The zero-order chi connectivity index (χ0) is 12.3. The van der Waals surface area contributed by atoms with Gasteiger partial charge in [-0.3, -0.25) is 4.68 Å². The highest BCUT2D eigenvalue weighted by molar-refractivity contribution is 7.11. The SMILES string of the molecule is CCNC(Cc1cnn(C)c1)c1cnc(C)s1. The number of rotatable bonds is 5. The molecular formula is C12H18N4S. The van der Waals surface area contributed by atoms with Gasteiger partial charge < -0.3 is 5.32 Å². The summed E-state index contributed by atoms with van der Waals surface area (Å²) in [5, 5.41) is 8.83. The molecule has 0 fully saturated rings. The molecule has 5 heteroatoms. The molecule has 0 bridgehead atoms. The van der Waals surface area contributed by atoms with E-state index in [2.05, 4.69) is 28.5 Å². The van der Waals surface area contributed by atoms with Crippen LogP contribution in [0.25, 0.3) is 0 Å². The zero-order valence-electron chi connectivity index (χ0n) is 10.5. The lowest BCUT2D eigenvalue weighted by atomic mass is 10.1. The van der Waals surface area contributed by atoms with Crippen LogP contribution in [0.15, 0.2) is 18.6 Å². The Balaban J connectivity index is 2.12. The molecule has 0 spiro atoms. The Morgan fingerprint density at radius 3 is 2.82 bits per heavy atom. The van der Waals surface area contributed by atoms with Gasteiger partial charge in [0, 0.05) is 30.4 Å². The van der Waals surface area contributed by atoms with Gasteiger partial charge in [0.15, 0.2) is 0 Å². The fraction of sp³-hybridized carbons (Fsp3) is 0.500. The normalized spacial score (nSPS) is 12.9. The van der Waals surface area contributed by atoms with Crippen molar-refractivity contribution in [2.45, 2.75) is 26.3 Å². The van der Waals surface area contributed by atoms with Crippen molar-refractivity contribution in [2.75, 3.05) is 6.54 Å². The Hall–Kier alpha value is -1.20. The first-order valence-electron chi connectivity index (χ1n) is 5.82. The van der Waals surface area contributed by atoms with E-state index in [0.717, 1.165) is 18.0 Å². The standard InChI is InChI=1S/C12H18N4S/c1-4-13-11(12-7-14-9(2)17-12)5-10-6-15-16(3)8-10/h6-8,11,13H,4-5H2,1-3H3. The van der Waals surface area contributed by atoms with Gasteiger partial charge in [0.2, 0.25) is 0 Å². The van der Waals surface area contributed by atoms with E-state index < -0.39 is 0 Å². The molecule has 2 heterocycles. The lowest BCUT2D eigenvalue weighted by Crippen LogP contribution is -2.21. The molecule has 2 aromatic heterocycles. The molecule has 2 aromatic rings. The van der Waals surface area contributed by atoms with Crippen molar-refractivity contribution >= 4 is 11.3 Å². The van der Waals surface area contributed by atoms with Crippen molar-refractivity contribution in [3.8, 4) is 0 Å². The minimum Gasteiger partial charge on any atom is -0.309 e. The zero-order valence-corrected chi connectivity index (χ0v) is 11.3. The van der Waals surface area contributed by atoms with Gasteiger partial charge in [0.05, 0.1) is 11.2 Å². The first-order valence-corrected chi connectivity index (χ1v) is 6.64. The lowest BCUT2D eigenvalue weighted by molar-refractivity contribution is 0.557. The van der Waals surface area contributed by atoms with Crippen LogP contribution in [-0.4, -0.2) is 21.3 Å². The highest BCUT2D eigenvalue weighted by Crippen LogP contribution is 2.23. The molecule has 92 valence electrons. The van der Waals surface area contributed by atoms with Crippen molar-refractivity contribution < 1.29 is 0 Å². The Labute approximate surface area is 106 Å². The Bertz CT molecular complexity index is 474. The van der Waals surface area contributed by atoms with Crippen LogP contribution in [0.2, 0.25) is 0 Å². The van der Waals surface area contributed by atoms with Gasteiger partial charge in [0.25, 0.3) is 0 Å². The average molecular weight is 250 g/mol. The maximum Gasteiger partial charge on any atom is 0.0897 e. The largest absolute Gasteiger partial charge is 0.309 e. The molecule has 0 saturated heterocycles. The monoisotopic (exact) mass is 250 g/mol. The Morgan fingerprint density at radius 2 is 2.29 bits per heavy atom. The molecule has 0 aliphatic carbocycles. The number of hydrogen-bond acceptors (Lipinski definition) is 4. The highest BCUT2D eigenvalue weighted by atomic mass is 32.1. The molecule has 0 amide bonds. The number of nitrogens with one attached hydrogen (secondary N) is 1. The van der Waals surface area contributed by atoms with Crippen LogP contribution in [0, 0.1) is 6.92 Å². The van der Waals surface area contributed by atoms with E-state index in [9.17, 15) is 0 Å². The summed E-state index contributed by atoms with van der Waals surface area (Å²) in [6, 6.07) is 0.343. The van der Waals surface area contributed by atoms with Gasteiger partial charge in [-0.25, -0.2) is 4.98 Å². The van der Waals surface area contributed by atoms with Crippen molar-refractivity contribution in [1.82, 2.24) is 20.1 Å².